The van der Waals surface area contributed by atoms with Gasteiger partial charge < -0.3 is 9.55 Å². The molecule has 1 aliphatic carbocycles. The number of H-pyrrole nitrogens is 1. The highest BCUT2D eigenvalue weighted by molar-refractivity contribution is 6.13. The van der Waals surface area contributed by atoms with Gasteiger partial charge in [-0.3, -0.25) is 0 Å². The summed E-state index contributed by atoms with van der Waals surface area (Å²) in [5.74, 6) is 0. The summed E-state index contributed by atoms with van der Waals surface area (Å²) in [5.41, 5.74) is 8.05. The Balaban J connectivity index is 1.78. The zero-order valence-corrected chi connectivity index (χ0v) is 14.6. The third kappa shape index (κ3) is 1.87. The first-order valence-corrected chi connectivity index (χ1v) is 9.52. The monoisotopic (exact) mass is 336 g/mol. The molecule has 2 heterocycles. The van der Waals surface area contributed by atoms with E-state index in [1.54, 1.807) is 5.56 Å². The molecule has 0 saturated heterocycles. The Morgan fingerprint density at radius 2 is 1.50 bits per heavy atom. The molecule has 1 N–H and O–H groups in total. The zero-order valence-electron chi connectivity index (χ0n) is 14.6. The first-order chi connectivity index (χ1) is 12.9. The second kappa shape index (κ2) is 5.25. The van der Waals surface area contributed by atoms with Crippen LogP contribution in [0.5, 0.6) is 0 Å². The van der Waals surface area contributed by atoms with E-state index < -0.39 is 0 Å². The molecule has 2 heteroatoms. The summed E-state index contributed by atoms with van der Waals surface area (Å²) in [6, 6.07) is 24.2. The van der Waals surface area contributed by atoms with Gasteiger partial charge in [-0.2, -0.15) is 0 Å². The standard InChI is InChI=1S/C24H20N2/c1-2-8-16(9-3-1)26-23-13-7-5-11-18(23)20-14-19-17-10-4-6-12-21(17)25-22(19)15-24(20)26/h1-3,5,7-9,11,13-15,25H,4,6,10,12H2. The minimum absolute atomic E-state index is 1.19. The minimum atomic E-state index is 1.19. The highest BCUT2D eigenvalue weighted by Crippen LogP contribution is 2.37. The number of para-hydroxylation sites is 2. The van der Waals surface area contributed by atoms with Crippen LogP contribution in [0.4, 0.5) is 0 Å². The second-order valence-electron chi connectivity index (χ2n) is 7.39. The van der Waals surface area contributed by atoms with E-state index in [9.17, 15) is 0 Å². The minimum Gasteiger partial charge on any atom is -0.358 e. The quantitative estimate of drug-likeness (QED) is 0.379. The number of fused-ring (bicyclic) bond motifs is 6. The number of nitrogens with one attached hydrogen (secondary N) is 1. The zero-order chi connectivity index (χ0) is 17.1. The van der Waals surface area contributed by atoms with Crippen LogP contribution in [-0.4, -0.2) is 9.55 Å². The second-order valence-corrected chi connectivity index (χ2v) is 7.39. The molecular formula is C24H20N2. The molecule has 0 aliphatic heterocycles. The fourth-order valence-corrected chi connectivity index (χ4v) is 4.73. The molecule has 0 radical (unpaired) electrons. The van der Waals surface area contributed by atoms with Gasteiger partial charge in [0.15, 0.2) is 0 Å². The molecule has 0 amide bonds. The van der Waals surface area contributed by atoms with E-state index in [1.165, 1.54) is 69.8 Å². The van der Waals surface area contributed by atoms with Crippen LogP contribution in [0, 0.1) is 0 Å². The highest BCUT2D eigenvalue weighted by Gasteiger charge is 2.18. The fourth-order valence-electron chi connectivity index (χ4n) is 4.73. The summed E-state index contributed by atoms with van der Waals surface area (Å²) in [5, 5.41) is 4.10. The van der Waals surface area contributed by atoms with Crippen molar-refractivity contribution in [1.29, 1.82) is 0 Å². The number of aryl methyl sites for hydroxylation is 2. The van der Waals surface area contributed by atoms with Crippen molar-refractivity contribution in [3.63, 3.8) is 0 Å². The van der Waals surface area contributed by atoms with Gasteiger partial charge in [-0.25, -0.2) is 0 Å². The predicted octanol–water partition coefficient (Wildman–Crippen LogP) is 6.14. The van der Waals surface area contributed by atoms with E-state index in [1.807, 2.05) is 0 Å². The average Bonchev–Trinajstić information content (AvgIpc) is 3.22. The molecule has 126 valence electrons. The van der Waals surface area contributed by atoms with Gasteiger partial charge in [-0.15, -0.1) is 0 Å². The SMILES string of the molecule is c1ccc(-n2c3ccccc3c3cc4c5c([nH]c4cc32)CCCC5)cc1. The van der Waals surface area contributed by atoms with Crippen LogP contribution in [0.25, 0.3) is 38.4 Å². The Morgan fingerprint density at radius 3 is 2.42 bits per heavy atom. The van der Waals surface area contributed by atoms with Crippen molar-refractivity contribution in [2.75, 3.05) is 0 Å². The maximum absolute atomic E-state index is 3.72. The molecule has 0 fully saturated rings. The van der Waals surface area contributed by atoms with Crippen molar-refractivity contribution in [3.05, 3.63) is 78.0 Å². The van der Waals surface area contributed by atoms with Crippen LogP contribution in [-0.2, 0) is 12.8 Å². The summed E-state index contributed by atoms with van der Waals surface area (Å²) < 4.78 is 2.39. The Morgan fingerprint density at radius 1 is 0.692 bits per heavy atom. The van der Waals surface area contributed by atoms with Crippen molar-refractivity contribution in [3.8, 4) is 5.69 Å². The van der Waals surface area contributed by atoms with Gasteiger partial charge in [0, 0.05) is 33.1 Å². The lowest BCUT2D eigenvalue weighted by Crippen LogP contribution is -1.99. The molecule has 0 saturated carbocycles. The van der Waals surface area contributed by atoms with Gasteiger partial charge in [-0.05, 0) is 61.6 Å². The molecular weight excluding hydrogens is 316 g/mol. The van der Waals surface area contributed by atoms with Gasteiger partial charge in [0.05, 0.1) is 11.0 Å². The first kappa shape index (κ1) is 14.2. The van der Waals surface area contributed by atoms with E-state index in [4.69, 9.17) is 0 Å². The van der Waals surface area contributed by atoms with Crippen LogP contribution in [0.1, 0.15) is 24.1 Å². The Labute approximate surface area is 152 Å². The van der Waals surface area contributed by atoms with Crippen LogP contribution >= 0.6 is 0 Å². The number of aromatic amines is 1. The molecule has 5 aromatic rings. The average molecular weight is 336 g/mol. The largest absolute Gasteiger partial charge is 0.358 e. The van der Waals surface area contributed by atoms with E-state index in [0.717, 1.165) is 0 Å². The normalized spacial score (nSPS) is 14.3. The molecule has 1 aliphatic rings. The maximum Gasteiger partial charge on any atom is 0.0562 e. The molecule has 0 unspecified atom stereocenters. The van der Waals surface area contributed by atoms with Gasteiger partial charge in [0.25, 0.3) is 0 Å². The summed E-state index contributed by atoms with van der Waals surface area (Å²) in [4.78, 5) is 3.72. The van der Waals surface area contributed by atoms with Gasteiger partial charge in [-0.1, -0.05) is 36.4 Å². The molecule has 6 rings (SSSR count). The van der Waals surface area contributed by atoms with Gasteiger partial charge in [0.2, 0.25) is 0 Å². The van der Waals surface area contributed by atoms with Crippen molar-refractivity contribution in [2.24, 2.45) is 0 Å². The third-order valence-electron chi connectivity index (χ3n) is 5.90. The number of rotatable bonds is 1. The Bertz CT molecular complexity index is 1270. The highest BCUT2D eigenvalue weighted by atomic mass is 15.0. The Kier molecular flexibility index (Phi) is 2.87. The van der Waals surface area contributed by atoms with Crippen molar-refractivity contribution in [1.82, 2.24) is 9.55 Å². The molecule has 2 nitrogen and oxygen atoms in total. The number of nitrogens with zero attached hydrogens (tertiary/aromatic N) is 1. The van der Waals surface area contributed by atoms with Crippen molar-refractivity contribution in [2.45, 2.75) is 25.7 Å². The van der Waals surface area contributed by atoms with E-state index in [0.29, 0.717) is 0 Å². The summed E-state index contributed by atoms with van der Waals surface area (Å²) in [6.07, 6.45) is 5.01. The number of aromatic nitrogens is 2. The lowest BCUT2D eigenvalue weighted by atomic mass is 9.95. The molecule has 26 heavy (non-hydrogen) atoms. The van der Waals surface area contributed by atoms with Crippen LogP contribution in [0.15, 0.2) is 66.7 Å². The van der Waals surface area contributed by atoms with E-state index in [2.05, 4.69) is 76.3 Å². The van der Waals surface area contributed by atoms with Crippen molar-refractivity contribution < 1.29 is 0 Å². The summed E-state index contributed by atoms with van der Waals surface area (Å²) in [6.45, 7) is 0. The predicted molar refractivity (Wildman–Crippen MR) is 109 cm³/mol. The summed E-state index contributed by atoms with van der Waals surface area (Å²) in [7, 11) is 0. The first-order valence-electron chi connectivity index (χ1n) is 9.52. The van der Waals surface area contributed by atoms with E-state index >= 15 is 0 Å². The molecule has 0 bridgehead atoms. The van der Waals surface area contributed by atoms with Gasteiger partial charge >= 0.3 is 0 Å². The van der Waals surface area contributed by atoms with Crippen LogP contribution in [0.2, 0.25) is 0 Å². The fraction of sp³-hybridized carbons (Fsp3) is 0.167. The smallest absolute Gasteiger partial charge is 0.0562 e. The number of benzene rings is 3. The molecule has 2 aromatic heterocycles. The number of hydrogen-bond acceptors (Lipinski definition) is 0. The molecule has 3 aromatic carbocycles. The van der Waals surface area contributed by atoms with E-state index in [-0.39, 0.29) is 0 Å². The third-order valence-corrected chi connectivity index (χ3v) is 5.90. The van der Waals surface area contributed by atoms with Crippen molar-refractivity contribution >= 4 is 32.7 Å². The molecule has 0 atom stereocenters. The lowest BCUT2D eigenvalue weighted by Gasteiger charge is -2.10. The Hall–Kier alpha value is -3.00. The van der Waals surface area contributed by atoms with Crippen LogP contribution in [0.3, 0.4) is 0 Å². The molecule has 0 spiro atoms. The van der Waals surface area contributed by atoms with Crippen LogP contribution < -0.4 is 0 Å². The summed E-state index contributed by atoms with van der Waals surface area (Å²) >= 11 is 0. The lowest BCUT2D eigenvalue weighted by molar-refractivity contribution is 0.680. The topological polar surface area (TPSA) is 20.7 Å². The van der Waals surface area contributed by atoms with Gasteiger partial charge in [0.1, 0.15) is 0 Å². The number of hydrogen-bond donors (Lipinski definition) is 1. The maximum atomic E-state index is 3.72.